The van der Waals surface area contributed by atoms with Gasteiger partial charge >= 0.3 is 12.3 Å². The number of carbonyl (C=O) groups excluding carboxylic acids is 1. The molecule has 11 heteroatoms. The van der Waals surface area contributed by atoms with Gasteiger partial charge in [0, 0.05) is 45.0 Å². The zero-order valence-electron chi connectivity index (χ0n) is 15.9. The maximum Gasteiger partial charge on any atom is 0.435 e. The quantitative estimate of drug-likeness (QED) is 0.615. The van der Waals surface area contributed by atoms with Crippen LogP contribution in [0.4, 0.5) is 18.0 Å². The van der Waals surface area contributed by atoms with E-state index in [1.807, 2.05) is 0 Å². The highest BCUT2D eigenvalue weighted by molar-refractivity contribution is 5.78. The number of piperazine rings is 1. The van der Waals surface area contributed by atoms with Crippen molar-refractivity contribution in [3.63, 3.8) is 0 Å². The van der Waals surface area contributed by atoms with Crippen LogP contribution in [-0.4, -0.2) is 63.4 Å². The Balaban J connectivity index is 1.95. The predicted molar refractivity (Wildman–Crippen MR) is 92.9 cm³/mol. The summed E-state index contributed by atoms with van der Waals surface area (Å²) in [4.78, 5) is 19.4. The van der Waals surface area contributed by atoms with Gasteiger partial charge < -0.3 is 20.3 Å². The van der Waals surface area contributed by atoms with Crippen molar-refractivity contribution in [2.45, 2.75) is 39.1 Å². The van der Waals surface area contributed by atoms with Gasteiger partial charge in [-0.05, 0) is 20.8 Å². The van der Waals surface area contributed by atoms with E-state index in [-0.39, 0.29) is 18.1 Å². The van der Waals surface area contributed by atoms with Crippen LogP contribution in [0.1, 0.15) is 32.0 Å². The molecule has 0 unspecified atom stereocenters. The van der Waals surface area contributed by atoms with Gasteiger partial charge in [-0.2, -0.15) is 18.3 Å². The molecule has 1 fully saturated rings. The number of aromatic nitrogens is 2. The van der Waals surface area contributed by atoms with Crippen molar-refractivity contribution < 1.29 is 22.7 Å². The van der Waals surface area contributed by atoms with E-state index in [2.05, 4.69) is 10.1 Å². The molecule has 1 saturated heterocycles. The Labute approximate surface area is 155 Å². The molecule has 0 bridgehead atoms. The number of nitrogens with two attached hydrogens (primary N) is 1. The van der Waals surface area contributed by atoms with Crippen molar-refractivity contribution in [3.8, 4) is 0 Å². The Morgan fingerprint density at radius 3 is 2.30 bits per heavy atom. The zero-order chi connectivity index (χ0) is 20.4. The minimum atomic E-state index is -4.54. The van der Waals surface area contributed by atoms with Crippen molar-refractivity contribution in [1.29, 1.82) is 0 Å². The fourth-order valence-electron chi connectivity index (χ4n) is 2.60. The number of halogens is 3. The summed E-state index contributed by atoms with van der Waals surface area (Å²) < 4.78 is 45.3. The number of alkyl halides is 3. The molecule has 2 rings (SSSR count). The second-order valence-electron chi connectivity index (χ2n) is 7.30. The van der Waals surface area contributed by atoms with Crippen molar-refractivity contribution >= 4 is 12.1 Å². The van der Waals surface area contributed by atoms with E-state index < -0.39 is 23.6 Å². The predicted octanol–water partition coefficient (Wildman–Crippen LogP) is 1.81. The maximum absolute atomic E-state index is 13.0. The number of carbonyl (C=O) groups is 1. The highest BCUT2D eigenvalue weighted by atomic mass is 19.4. The third-order valence-electron chi connectivity index (χ3n) is 3.84. The molecular weight excluding hydrogens is 365 g/mol. The van der Waals surface area contributed by atoms with E-state index in [0.717, 1.165) is 4.68 Å². The molecule has 1 aliphatic heterocycles. The van der Waals surface area contributed by atoms with Crippen LogP contribution in [0.5, 0.6) is 0 Å². The van der Waals surface area contributed by atoms with Crippen LogP contribution in [0.15, 0.2) is 11.2 Å². The summed E-state index contributed by atoms with van der Waals surface area (Å²) in [6.07, 6.45) is -3.66. The third kappa shape index (κ3) is 5.76. The van der Waals surface area contributed by atoms with E-state index in [4.69, 9.17) is 10.5 Å². The monoisotopic (exact) mass is 390 g/mol. The fourth-order valence-corrected chi connectivity index (χ4v) is 2.60. The molecule has 2 heterocycles. The molecule has 2 N–H and O–H groups in total. The highest BCUT2D eigenvalue weighted by Crippen LogP contribution is 2.30. The van der Waals surface area contributed by atoms with Crippen molar-refractivity contribution in [3.05, 3.63) is 17.5 Å². The molecule has 0 aliphatic carbocycles. The van der Waals surface area contributed by atoms with Crippen LogP contribution in [0, 0.1) is 0 Å². The van der Waals surface area contributed by atoms with Gasteiger partial charge in [0.15, 0.2) is 11.7 Å². The van der Waals surface area contributed by atoms with Crippen molar-refractivity contribution in [2.75, 3.05) is 26.2 Å². The zero-order valence-corrected chi connectivity index (χ0v) is 15.9. The molecule has 0 spiro atoms. The van der Waals surface area contributed by atoms with Crippen LogP contribution in [0.25, 0.3) is 0 Å². The smallest absolute Gasteiger partial charge is 0.435 e. The van der Waals surface area contributed by atoms with Gasteiger partial charge in [0.2, 0.25) is 0 Å². The highest BCUT2D eigenvalue weighted by Gasteiger charge is 2.36. The summed E-state index contributed by atoms with van der Waals surface area (Å²) in [7, 11) is 1.42. The van der Waals surface area contributed by atoms with E-state index in [9.17, 15) is 18.0 Å². The molecule has 0 radical (unpaired) electrons. The first-order chi connectivity index (χ1) is 12.4. The first kappa shape index (κ1) is 20.8. The number of amides is 1. The standard InChI is InChI=1S/C16H25F3N6O2/c1-15(2,3)27-14(26)25-7-5-24(6-8-25)13(20)21-9-11-10-23(4)22-12(11)16(17,18)19/h10H,5-9H2,1-4H3,(H2,20,21). The lowest BCUT2D eigenvalue weighted by atomic mass is 10.2. The Morgan fingerprint density at radius 2 is 1.78 bits per heavy atom. The number of hydrogen-bond donors (Lipinski definition) is 1. The molecule has 1 aliphatic rings. The summed E-state index contributed by atoms with van der Waals surface area (Å²) in [5.41, 5.74) is 4.34. The van der Waals surface area contributed by atoms with Crippen LogP contribution in [0.3, 0.4) is 0 Å². The average molecular weight is 390 g/mol. The largest absolute Gasteiger partial charge is 0.444 e. The second-order valence-corrected chi connectivity index (χ2v) is 7.30. The lowest BCUT2D eigenvalue weighted by Crippen LogP contribution is -2.53. The van der Waals surface area contributed by atoms with Gasteiger partial charge in [-0.25, -0.2) is 9.79 Å². The summed E-state index contributed by atoms with van der Waals surface area (Å²) >= 11 is 0. The van der Waals surface area contributed by atoms with Crippen LogP contribution >= 0.6 is 0 Å². The number of ether oxygens (including phenoxy) is 1. The van der Waals surface area contributed by atoms with E-state index in [1.165, 1.54) is 13.2 Å². The topological polar surface area (TPSA) is 89.0 Å². The van der Waals surface area contributed by atoms with Crippen LogP contribution < -0.4 is 5.73 Å². The molecule has 1 amide bonds. The van der Waals surface area contributed by atoms with Crippen molar-refractivity contribution in [1.82, 2.24) is 19.6 Å². The number of rotatable bonds is 2. The molecule has 152 valence electrons. The molecule has 1 aromatic heterocycles. The number of hydrogen-bond acceptors (Lipinski definition) is 4. The minimum absolute atomic E-state index is 0.0414. The van der Waals surface area contributed by atoms with Gasteiger partial charge in [-0.15, -0.1) is 0 Å². The lowest BCUT2D eigenvalue weighted by molar-refractivity contribution is -0.142. The number of nitrogens with zero attached hydrogens (tertiary/aromatic N) is 5. The van der Waals surface area contributed by atoms with Gasteiger partial charge in [-0.1, -0.05) is 0 Å². The first-order valence-electron chi connectivity index (χ1n) is 8.49. The Kier molecular flexibility index (Phi) is 5.91. The average Bonchev–Trinajstić information content (AvgIpc) is 2.92. The minimum Gasteiger partial charge on any atom is -0.444 e. The van der Waals surface area contributed by atoms with E-state index in [1.54, 1.807) is 30.6 Å². The molecule has 0 saturated carbocycles. The SMILES string of the molecule is Cn1cc(CN=C(N)N2CCN(C(=O)OC(C)(C)C)CC2)c(C(F)(F)F)n1. The molecule has 0 atom stereocenters. The van der Waals surface area contributed by atoms with E-state index >= 15 is 0 Å². The fraction of sp³-hybridized carbons (Fsp3) is 0.688. The number of aliphatic imine (C=N–C) groups is 1. The van der Waals surface area contributed by atoms with Gasteiger partial charge in [0.25, 0.3) is 0 Å². The molecule has 27 heavy (non-hydrogen) atoms. The van der Waals surface area contributed by atoms with Crippen molar-refractivity contribution in [2.24, 2.45) is 17.8 Å². The summed E-state index contributed by atoms with van der Waals surface area (Å²) in [6, 6.07) is 0. The summed E-state index contributed by atoms with van der Waals surface area (Å²) in [5, 5.41) is 3.44. The number of guanidine groups is 1. The summed E-state index contributed by atoms with van der Waals surface area (Å²) in [5.74, 6) is 0.135. The third-order valence-corrected chi connectivity index (χ3v) is 3.84. The second kappa shape index (κ2) is 7.65. The Bertz CT molecular complexity index is 700. The Hall–Kier alpha value is -2.46. The molecule has 0 aromatic carbocycles. The van der Waals surface area contributed by atoms with Crippen LogP contribution in [-0.2, 0) is 24.5 Å². The first-order valence-corrected chi connectivity index (χ1v) is 8.49. The molecule has 1 aromatic rings. The normalized spacial score (nSPS) is 16.6. The molecule has 8 nitrogen and oxygen atoms in total. The summed E-state index contributed by atoms with van der Waals surface area (Å²) in [6.45, 7) is 6.79. The Morgan fingerprint density at radius 1 is 1.22 bits per heavy atom. The maximum atomic E-state index is 13.0. The van der Waals surface area contributed by atoms with Crippen LogP contribution in [0.2, 0.25) is 0 Å². The molecular formula is C16H25F3N6O2. The van der Waals surface area contributed by atoms with Gasteiger partial charge in [-0.3, -0.25) is 4.68 Å². The van der Waals surface area contributed by atoms with Gasteiger partial charge in [0.05, 0.1) is 6.54 Å². The lowest BCUT2D eigenvalue weighted by Gasteiger charge is -2.36. The van der Waals surface area contributed by atoms with Gasteiger partial charge in [0.1, 0.15) is 5.60 Å². The number of aryl methyl sites for hydroxylation is 1. The van der Waals surface area contributed by atoms with E-state index in [0.29, 0.717) is 26.2 Å².